The van der Waals surface area contributed by atoms with Crippen LogP contribution in [0, 0.1) is 0 Å². The summed E-state index contributed by atoms with van der Waals surface area (Å²) in [6.45, 7) is 3.62. The summed E-state index contributed by atoms with van der Waals surface area (Å²) in [6.07, 6.45) is 2.36. The number of phenolic OH excluding ortho intramolecular Hbond substituents is 1. The summed E-state index contributed by atoms with van der Waals surface area (Å²) in [4.78, 5) is 0. The topological polar surface area (TPSA) is 29.5 Å². The molecule has 0 aliphatic rings. The van der Waals surface area contributed by atoms with Gasteiger partial charge in [0, 0.05) is 5.56 Å². The van der Waals surface area contributed by atoms with E-state index in [1.165, 1.54) is 0 Å². The van der Waals surface area contributed by atoms with Gasteiger partial charge in [-0.2, -0.15) is 0 Å². The fraction of sp³-hybridized carbons (Fsp3) is 0.200. The van der Waals surface area contributed by atoms with Gasteiger partial charge in [-0.15, -0.1) is 6.58 Å². The SMILES string of the molecule is C=CCc1cc(OC)cc(Br)c1O. The molecule has 0 fully saturated rings. The summed E-state index contributed by atoms with van der Waals surface area (Å²) in [6, 6.07) is 3.52. The second-order valence-corrected chi connectivity index (χ2v) is 3.46. The van der Waals surface area contributed by atoms with E-state index in [1.807, 2.05) is 0 Å². The molecule has 1 rings (SSSR count). The van der Waals surface area contributed by atoms with E-state index in [0.29, 0.717) is 10.9 Å². The van der Waals surface area contributed by atoms with Crippen molar-refractivity contribution in [2.45, 2.75) is 6.42 Å². The lowest BCUT2D eigenvalue weighted by atomic mass is 10.1. The fourth-order valence-corrected chi connectivity index (χ4v) is 1.54. The molecule has 0 aromatic heterocycles. The van der Waals surface area contributed by atoms with Gasteiger partial charge < -0.3 is 9.84 Å². The van der Waals surface area contributed by atoms with E-state index in [0.717, 1.165) is 11.3 Å². The minimum atomic E-state index is 0.251. The highest BCUT2D eigenvalue weighted by Gasteiger charge is 2.06. The number of methoxy groups -OCH3 is 1. The van der Waals surface area contributed by atoms with E-state index >= 15 is 0 Å². The minimum absolute atomic E-state index is 0.251. The van der Waals surface area contributed by atoms with Gasteiger partial charge >= 0.3 is 0 Å². The molecular weight excluding hydrogens is 232 g/mol. The maximum absolute atomic E-state index is 9.60. The van der Waals surface area contributed by atoms with Crippen LogP contribution in [-0.4, -0.2) is 12.2 Å². The molecular formula is C10H11BrO2. The van der Waals surface area contributed by atoms with Crippen molar-refractivity contribution in [1.29, 1.82) is 0 Å². The Kier molecular flexibility index (Phi) is 3.37. The molecule has 0 saturated heterocycles. The largest absolute Gasteiger partial charge is 0.506 e. The number of aromatic hydroxyl groups is 1. The molecule has 0 aliphatic heterocycles. The molecule has 2 nitrogen and oxygen atoms in total. The lowest BCUT2D eigenvalue weighted by molar-refractivity contribution is 0.410. The molecule has 0 atom stereocenters. The van der Waals surface area contributed by atoms with Crippen LogP contribution >= 0.6 is 15.9 Å². The van der Waals surface area contributed by atoms with Gasteiger partial charge in [0.1, 0.15) is 11.5 Å². The fourth-order valence-electron chi connectivity index (χ4n) is 1.06. The third kappa shape index (κ3) is 2.25. The first-order valence-corrected chi connectivity index (χ1v) is 4.64. The number of phenols is 1. The van der Waals surface area contributed by atoms with Gasteiger partial charge in [-0.3, -0.25) is 0 Å². The molecule has 1 aromatic carbocycles. The first kappa shape index (κ1) is 10.1. The number of benzene rings is 1. The number of hydrogen-bond donors (Lipinski definition) is 1. The average Bonchev–Trinajstić information content (AvgIpc) is 2.13. The van der Waals surface area contributed by atoms with Crippen LogP contribution in [0.5, 0.6) is 11.5 Å². The molecule has 0 bridgehead atoms. The van der Waals surface area contributed by atoms with Gasteiger partial charge in [0.2, 0.25) is 0 Å². The first-order chi connectivity index (χ1) is 6.19. The Hall–Kier alpha value is -0.960. The molecule has 3 heteroatoms. The lowest BCUT2D eigenvalue weighted by Gasteiger charge is -2.07. The van der Waals surface area contributed by atoms with Gasteiger partial charge in [0.05, 0.1) is 11.6 Å². The summed E-state index contributed by atoms with van der Waals surface area (Å²) >= 11 is 3.24. The van der Waals surface area contributed by atoms with Crippen molar-refractivity contribution in [2.24, 2.45) is 0 Å². The Morgan fingerprint density at radius 1 is 1.62 bits per heavy atom. The summed E-state index contributed by atoms with van der Waals surface area (Å²) in [7, 11) is 1.59. The Morgan fingerprint density at radius 3 is 2.85 bits per heavy atom. The Labute approximate surface area is 86.0 Å². The summed E-state index contributed by atoms with van der Waals surface area (Å²) in [5, 5.41) is 9.60. The zero-order valence-electron chi connectivity index (χ0n) is 7.38. The standard InChI is InChI=1S/C10H11BrO2/c1-3-4-7-5-8(13-2)6-9(11)10(7)12/h3,5-6,12H,1,4H2,2H3. The van der Waals surface area contributed by atoms with Crippen molar-refractivity contribution in [3.8, 4) is 11.5 Å². The number of allylic oxidation sites excluding steroid dienone is 1. The molecule has 1 N–H and O–H groups in total. The van der Waals surface area contributed by atoms with Crippen molar-refractivity contribution in [1.82, 2.24) is 0 Å². The molecule has 0 spiro atoms. The number of hydrogen-bond acceptors (Lipinski definition) is 2. The quantitative estimate of drug-likeness (QED) is 0.827. The van der Waals surface area contributed by atoms with E-state index in [2.05, 4.69) is 22.5 Å². The third-order valence-electron chi connectivity index (χ3n) is 1.72. The Balaban J connectivity index is 3.15. The lowest BCUT2D eigenvalue weighted by Crippen LogP contribution is -1.88. The molecule has 1 aromatic rings. The molecule has 0 amide bonds. The molecule has 0 saturated carbocycles. The van der Waals surface area contributed by atoms with Crippen molar-refractivity contribution >= 4 is 15.9 Å². The van der Waals surface area contributed by atoms with Gasteiger partial charge in [-0.1, -0.05) is 6.08 Å². The van der Waals surface area contributed by atoms with Crippen LogP contribution in [0.1, 0.15) is 5.56 Å². The molecule has 0 aliphatic carbocycles. The number of halogens is 1. The molecule has 13 heavy (non-hydrogen) atoms. The second kappa shape index (κ2) is 4.33. The molecule has 70 valence electrons. The highest BCUT2D eigenvalue weighted by Crippen LogP contribution is 2.32. The van der Waals surface area contributed by atoms with Crippen LogP contribution < -0.4 is 4.74 Å². The first-order valence-electron chi connectivity index (χ1n) is 3.85. The third-order valence-corrected chi connectivity index (χ3v) is 2.32. The van der Waals surface area contributed by atoms with Gasteiger partial charge in [0.25, 0.3) is 0 Å². The average molecular weight is 243 g/mol. The zero-order valence-corrected chi connectivity index (χ0v) is 8.97. The van der Waals surface area contributed by atoms with Gasteiger partial charge in [-0.05, 0) is 34.5 Å². The highest BCUT2D eigenvalue weighted by molar-refractivity contribution is 9.10. The Bertz CT molecular complexity index is 321. The minimum Gasteiger partial charge on any atom is -0.506 e. The van der Waals surface area contributed by atoms with Gasteiger partial charge in [-0.25, -0.2) is 0 Å². The van der Waals surface area contributed by atoms with Crippen LogP contribution in [0.3, 0.4) is 0 Å². The van der Waals surface area contributed by atoms with Crippen LogP contribution in [0.15, 0.2) is 29.3 Å². The van der Waals surface area contributed by atoms with Crippen molar-refractivity contribution < 1.29 is 9.84 Å². The number of rotatable bonds is 3. The van der Waals surface area contributed by atoms with Crippen LogP contribution in [-0.2, 0) is 6.42 Å². The normalized spacial score (nSPS) is 9.69. The summed E-state index contributed by atoms with van der Waals surface area (Å²) in [5.74, 6) is 0.974. The Morgan fingerprint density at radius 2 is 2.31 bits per heavy atom. The summed E-state index contributed by atoms with van der Waals surface area (Å²) in [5.41, 5.74) is 0.807. The smallest absolute Gasteiger partial charge is 0.133 e. The van der Waals surface area contributed by atoms with E-state index in [1.54, 1.807) is 25.3 Å². The van der Waals surface area contributed by atoms with E-state index in [-0.39, 0.29) is 5.75 Å². The van der Waals surface area contributed by atoms with Gasteiger partial charge in [0.15, 0.2) is 0 Å². The van der Waals surface area contributed by atoms with Crippen molar-refractivity contribution in [3.63, 3.8) is 0 Å². The maximum Gasteiger partial charge on any atom is 0.133 e. The van der Waals surface area contributed by atoms with Crippen LogP contribution in [0.4, 0.5) is 0 Å². The molecule has 0 heterocycles. The predicted molar refractivity (Wildman–Crippen MR) is 56.3 cm³/mol. The van der Waals surface area contributed by atoms with Crippen molar-refractivity contribution in [2.75, 3.05) is 7.11 Å². The van der Waals surface area contributed by atoms with Crippen LogP contribution in [0.25, 0.3) is 0 Å². The zero-order chi connectivity index (χ0) is 9.84. The highest BCUT2D eigenvalue weighted by atomic mass is 79.9. The number of ether oxygens (including phenoxy) is 1. The van der Waals surface area contributed by atoms with Crippen molar-refractivity contribution in [3.05, 3.63) is 34.8 Å². The molecule has 0 unspecified atom stereocenters. The van der Waals surface area contributed by atoms with E-state index in [9.17, 15) is 5.11 Å². The van der Waals surface area contributed by atoms with E-state index in [4.69, 9.17) is 4.74 Å². The van der Waals surface area contributed by atoms with Crippen LogP contribution in [0.2, 0.25) is 0 Å². The second-order valence-electron chi connectivity index (χ2n) is 2.61. The monoisotopic (exact) mass is 242 g/mol. The molecule has 0 radical (unpaired) electrons. The predicted octanol–water partition coefficient (Wildman–Crippen LogP) is 2.89. The van der Waals surface area contributed by atoms with E-state index < -0.39 is 0 Å². The summed E-state index contributed by atoms with van der Waals surface area (Å²) < 4.78 is 5.70. The maximum atomic E-state index is 9.60.